The molecule has 1 saturated heterocycles. The van der Waals surface area contributed by atoms with Crippen molar-refractivity contribution < 1.29 is 9.13 Å². The molecule has 1 aliphatic heterocycles. The molecule has 1 N–H and O–H groups in total. The Kier molecular flexibility index (Phi) is 4.14. The first kappa shape index (κ1) is 13.1. The maximum Gasteiger partial charge on any atom is 0.123 e. The van der Waals surface area contributed by atoms with Crippen molar-refractivity contribution in [2.75, 3.05) is 19.8 Å². The van der Waals surface area contributed by atoms with Crippen molar-refractivity contribution in [2.24, 2.45) is 5.92 Å². The molecule has 19 heavy (non-hydrogen) atoms. The fraction of sp³-hybridized carbons (Fsp3) is 0.625. The molecular weight excluding hydrogens is 241 g/mol. The van der Waals surface area contributed by atoms with E-state index in [-0.39, 0.29) is 5.82 Å². The first-order valence-electron chi connectivity index (χ1n) is 7.38. The van der Waals surface area contributed by atoms with Crippen LogP contribution in [-0.2, 0) is 4.74 Å². The Bertz CT molecular complexity index is 411. The van der Waals surface area contributed by atoms with Crippen LogP contribution in [0, 0.1) is 11.7 Å². The second-order valence-electron chi connectivity index (χ2n) is 5.91. The van der Waals surface area contributed by atoms with Gasteiger partial charge in [-0.3, -0.25) is 0 Å². The Morgan fingerprint density at radius 2 is 2.21 bits per heavy atom. The summed E-state index contributed by atoms with van der Waals surface area (Å²) in [6.45, 7) is 2.91. The van der Waals surface area contributed by atoms with Crippen LogP contribution in [0.25, 0.3) is 0 Å². The van der Waals surface area contributed by atoms with E-state index in [2.05, 4.69) is 5.32 Å². The Morgan fingerprint density at radius 1 is 1.32 bits per heavy atom. The van der Waals surface area contributed by atoms with Gasteiger partial charge < -0.3 is 10.1 Å². The third kappa shape index (κ3) is 3.34. The summed E-state index contributed by atoms with van der Waals surface area (Å²) in [7, 11) is 0. The molecule has 3 rings (SSSR count). The van der Waals surface area contributed by atoms with Gasteiger partial charge in [-0.25, -0.2) is 4.39 Å². The normalized spacial score (nSPS) is 30.9. The van der Waals surface area contributed by atoms with Gasteiger partial charge >= 0.3 is 0 Å². The van der Waals surface area contributed by atoms with E-state index in [9.17, 15) is 4.39 Å². The van der Waals surface area contributed by atoms with Crippen LogP contribution in [0.15, 0.2) is 24.3 Å². The van der Waals surface area contributed by atoms with E-state index in [1.807, 2.05) is 12.1 Å². The third-order valence-corrected chi connectivity index (χ3v) is 4.41. The molecule has 1 unspecified atom stereocenters. The van der Waals surface area contributed by atoms with Gasteiger partial charge in [-0.15, -0.1) is 0 Å². The molecule has 0 amide bonds. The van der Waals surface area contributed by atoms with Crippen molar-refractivity contribution in [3.8, 4) is 0 Å². The highest BCUT2D eigenvalue weighted by Gasteiger charge is 2.30. The zero-order valence-electron chi connectivity index (χ0n) is 11.3. The van der Waals surface area contributed by atoms with Crippen molar-refractivity contribution in [1.82, 2.24) is 5.32 Å². The molecule has 1 aromatic carbocycles. The second kappa shape index (κ2) is 6.02. The van der Waals surface area contributed by atoms with Gasteiger partial charge in [0.25, 0.3) is 0 Å². The van der Waals surface area contributed by atoms with E-state index in [0.29, 0.717) is 17.9 Å². The second-order valence-corrected chi connectivity index (χ2v) is 5.91. The van der Waals surface area contributed by atoms with Gasteiger partial charge in [0, 0.05) is 19.2 Å². The predicted molar refractivity (Wildman–Crippen MR) is 73.7 cm³/mol. The summed E-state index contributed by atoms with van der Waals surface area (Å²) in [5.41, 5.74) is 1.15. The molecule has 0 aromatic heterocycles. The fourth-order valence-electron chi connectivity index (χ4n) is 3.12. The highest BCUT2D eigenvalue weighted by molar-refractivity contribution is 5.23. The SMILES string of the molecule is Fc1cccc(C2CC(NCC3CCCOC3)C2)c1. The maximum atomic E-state index is 13.1. The van der Waals surface area contributed by atoms with Crippen LogP contribution in [0.3, 0.4) is 0 Å². The van der Waals surface area contributed by atoms with Gasteiger partial charge in [0.2, 0.25) is 0 Å². The molecule has 2 aliphatic rings. The minimum Gasteiger partial charge on any atom is -0.381 e. The molecule has 0 bridgehead atoms. The number of rotatable bonds is 4. The Labute approximate surface area is 114 Å². The summed E-state index contributed by atoms with van der Waals surface area (Å²) < 4.78 is 18.6. The maximum absolute atomic E-state index is 13.1. The highest BCUT2D eigenvalue weighted by atomic mass is 19.1. The summed E-state index contributed by atoms with van der Waals surface area (Å²) in [5.74, 6) is 1.10. The number of hydrogen-bond donors (Lipinski definition) is 1. The topological polar surface area (TPSA) is 21.3 Å². The first-order valence-corrected chi connectivity index (χ1v) is 7.38. The summed E-state index contributed by atoms with van der Waals surface area (Å²) in [5, 5.41) is 3.63. The fourth-order valence-corrected chi connectivity index (χ4v) is 3.12. The molecule has 2 nitrogen and oxygen atoms in total. The van der Waals surface area contributed by atoms with Crippen LogP contribution in [0.4, 0.5) is 4.39 Å². The van der Waals surface area contributed by atoms with Gasteiger partial charge in [0.1, 0.15) is 5.82 Å². The Balaban J connectivity index is 1.40. The predicted octanol–water partition coefficient (Wildman–Crippen LogP) is 3.09. The van der Waals surface area contributed by atoms with Gasteiger partial charge in [-0.05, 0) is 55.2 Å². The summed E-state index contributed by atoms with van der Waals surface area (Å²) in [4.78, 5) is 0. The standard InChI is InChI=1S/C16H22FNO/c17-15-5-1-4-13(7-15)14-8-16(9-14)18-10-12-3-2-6-19-11-12/h1,4-5,7,12,14,16,18H,2-3,6,8-11H2. The van der Waals surface area contributed by atoms with Crippen LogP contribution in [0.1, 0.15) is 37.2 Å². The quantitative estimate of drug-likeness (QED) is 0.901. The van der Waals surface area contributed by atoms with Crippen LogP contribution < -0.4 is 5.32 Å². The van der Waals surface area contributed by atoms with Gasteiger partial charge in [-0.2, -0.15) is 0 Å². The first-order chi connectivity index (χ1) is 9.31. The third-order valence-electron chi connectivity index (χ3n) is 4.41. The number of halogens is 1. The van der Waals surface area contributed by atoms with E-state index in [0.717, 1.165) is 38.2 Å². The monoisotopic (exact) mass is 263 g/mol. The van der Waals surface area contributed by atoms with Gasteiger partial charge in [0.05, 0.1) is 6.61 Å². The smallest absolute Gasteiger partial charge is 0.123 e. The van der Waals surface area contributed by atoms with Crippen LogP contribution in [-0.4, -0.2) is 25.8 Å². The van der Waals surface area contributed by atoms with Crippen LogP contribution >= 0.6 is 0 Å². The van der Waals surface area contributed by atoms with E-state index >= 15 is 0 Å². The van der Waals surface area contributed by atoms with Crippen molar-refractivity contribution in [3.05, 3.63) is 35.6 Å². The lowest BCUT2D eigenvalue weighted by Gasteiger charge is -2.37. The average Bonchev–Trinajstić information content (AvgIpc) is 2.38. The lowest BCUT2D eigenvalue weighted by Crippen LogP contribution is -2.43. The Hall–Kier alpha value is -0.930. The summed E-state index contributed by atoms with van der Waals surface area (Å²) >= 11 is 0. The minimum atomic E-state index is -0.117. The molecule has 3 heteroatoms. The van der Waals surface area contributed by atoms with Crippen molar-refractivity contribution in [2.45, 2.75) is 37.6 Å². The molecule has 1 atom stereocenters. The molecule has 104 valence electrons. The van der Waals surface area contributed by atoms with Crippen LogP contribution in [0.2, 0.25) is 0 Å². The summed E-state index contributed by atoms with van der Waals surface area (Å²) in [6, 6.07) is 7.65. The van der Waals surface area contributed by atoms with E-state index in [1.165, 1.54) is 18.9 Å². The van der Waals surface area contributed by atoms with Gasteiger partial charge in [0.15, 0.2) is 0 Å². The Morgan fingerprint density at radius 3 is 2.95 bits per heavy atom. The van der Waals surface area contributed by atoms with E-state index < -0.39 is 0 Å². The minimum absolute atomic E-state index is 0.117. The summed E-state index contributed by atoms with van der Waals surface area (Å²) in [6.07, 6.45) is 4.75. The lowest BCUT2D eigenvalue weighted by atomic mass is 9.75. The zero-order valence-corrected chi connectivity index (χ0v) is 11.3. The lowest BCUT2D eigenvalue weighted by molar-refractivity contribution is 0.0521. The van der Waals surface area contributed by atoms with E-state index in [1.54, 1.807) is 6.07 Å². The molecule has 1 aromatic rings. The highest BCUT2D eigenvalue weighted by Crippen LogP contribution is 2.37. The molecule has 1 heterocycles. The van der Waals surface area contributed by atoms with Crippen molar-refractivity contribution >= 4 is 0 Å². The van der Waals surface area contributed by atoms with Crippen molar-refractivity contribution in [3.63, 3.8) is 0 Å². The van der Waals surface area contributed by atoms with Gasteiger partial charge in [-0.1, -0.05) is 12.1 Å². The average molecular weight is 263 g/mol. The molecular formula is C16H22FNO. The molecule has 1 saturated carbocycles. The number of nitrogens with one attached hydrogen (secondary N) is 1. The number of hydrogen-bond acceptors (Lipinski definition) is 2. The molecule has 1 aliphatic carbocycles. The van der Waals surface area contributed by atoms with Crippen molar-refractivity contribution in [1.29, 1.82) is 0 Å². The molecule has 0 radical (unpaired) electrons. The molecule has 2 fully saturated rings. The molecule has 0 spiro atoms. The van der Waals surface area contributed by atoms with Crippen LogP contribution in [0.5, 0.6) is 0 Å². The largest absolute Gasteiger partial charge is 0.381 e. The number of benzene rings is 1. The zero-order chi connectivity index (χ0) is 13.1. The number of ether oxygens (including phenoxy) is 1. The van der Waals surface area contributed by atoms with E-state index in [4.69, 9.17) is 4.74 Å².